The van der Waals surface area contributed by atoms with Crippen molar-refractivity contribution in [2.45, 2.75) is 68.8 Å². The van der Waals surface area contributed by atoms with E-state index in [2.05, 4.69) is 15.3 Å². The second-order valence-corrected chi connectivity index (χ2v) is 8.31. The Balaban J connectivity index is 1.65. The van der Waals surface area contributed by atoms with Crippen LogP contribution in [0.2, 0.25) is 0 Å². The van der Waals surface area contributed by atoms with Crippen molar-refractivity contribution in [2.75, 3.05) is 0 Å². The predicted molar refractivity (Wildman–Crippen MR) is 107 cm³/mol. The number of thioether (sulfide) groups is 1. The van der Waals surface area contributed by atoms with E-state index in [4.69, 9.17) is 0 Å². The number of carbonyl (C=O) groups excluding carboxylic acids is 1. The van der Waals surface area contributed by atoms with E-state index in [1.165, 1.54) is 37.4 Å². The molecule has 4 nitrogen and oxygen atoms in total. The minimum absolute atomic E-state index is 0.0910. The van der Waals surface area contributed by atoms with E-state index in [-0.39, 0.29) is 11.2 Å². The molecule has 138 valence electrons. The standard InChI is InChI=1S/C21H27N3OS/c1-15-14-19(17-10-6-5-7-11-17)24-21(22-15)26-16(2)20(25)23-18-12-8-3-4-9-13-18/h5-7,10-11,14,16,18H,3-4,8-9,12-13H2,1-2H3,(H,23,25)/t16-/m0/s1. The number of hydrogen-bond donors (Lipinski definition) is 1. The molecule has 2 aromatic rings. The summed E-state index contributed by atoms with van der Waals surface area (Å²) < 4.78 is 0. The molecule has 3 rings (SSSR count). The second-order valence-electron chi connectivity index (χ2n) is 7.00. The van der Waals surface area contributed by atoms with Crippen LogP contribution in [0.1, 0.15) is 51.1 Å². The molecule has 1 aromatic carbocycles. The lowest BCUT2D eigenvalue weighted by Gasteiger charge is -2.19. The molecule has 1 saturated carbocycles. The van der Waals surface area contributed by atoms with Gasteiger partial charge >= 0.3 is 0 Å². The minimum atomic E-state index is -0.205. The summed E-state index contributed by atoms with van der Waals surface area (Å²) in [6, 6.07) is 12.4. The maximum atomic E-state index is 12.6. The lowest BCUT2D eigenvalue weighted by molar-refractivity contribution is -0.121. The third kappa shape index (κ3) is 5.31. The number of aryl methyl sites for hydroxylation is 1. The molecule has 26 heavy (non-hydrogen) atoms. The van der Waals surface area contributed by atoms with Crippen molar-refractivity contribution in [1.29, 1.82) is 0 Å². The fourth-order valence-electron chi connectivity index (χ4n) is 3.30. The summed E-state index contributed by atoms with van der Waals surface area (Å²) >= 11 is 1.43. The van der Waals surface area contributed by atoms with E-state index in [1.54, 1.807) is 0 Å². The van der Waals surface area contributed by atoms with E-state index in [0.29, 0.717) is 11.2 Å². The number of hydrogen-bond acceptors (Lipinski definition) is 4. The van der Waals surface area contributed by atoms with Crippen molar-refractivity contribution in [3.8, 4) is 11.3 Å². The molecule has 0 spiro atoms. The Kier molecular flexibility index (Phi) is 6.67. The van der Waals surface area contributed by atoms with Crippen LogP contribution in [-0.4, -0.2) is 27.2 Å². The van der Waals surface area contributed by atoms with Gasteiger partial charge < -0.3 is 5.32 Å². The normalized spacial score (nSPS) is 16.7. The summed E-state index contributed by atoms with van der Waals surface area (Å²) in [6.45, 7) is 3.90. The average Bonchev–Trinajstić information content (AvgIpc) is 2.90. The molecule has 5 heteroatoms. The van der Waals surface area contributed by atoms with Crippen molar-refractivity contribution >= 4 is 17.7 Å². The molecule has 0 aliphatic heterocycles. The molecule has 1 atom stereocenters. The van der Waals surface area contributed by atoms with Crippen molar-refractivity contribution in [3.63, 3.8) is 0 Å². The number of nitrogens with one attached hydrogen (secondary N) is 1. The molecule has 1 aliphatic rings. The maximum Gasteiger partial charge on any atom is 0.233 e. The third-order valence-electron chi connectivity index (χ3n) is 4.76. The van der Waals surface area contributed by atoms with E-state index in [1.807, 2.05) is 50.2 Å². The van der Waals surface area contributed by atoms with Crippen LogP contribution < -0.4 is 5.32 Å². The Morgan fingerprint density at radius 1 is 1.12 bits per heavy atom. The van der Waals surface area contributed by atoms with Crippen LogP contribution in [0.3, 0.4) is 0 Å². The molecular weight excluding hydrogens is 342 g/mol. The number of benzene rings is 1. The number of rotatable bonds is 5. The van der Waals surface area contributed by atoms with Gasteiger partial charge in [-0.15, -0.1) is 0 Å². The van der Waals surface area contributed by atoms with Gasteiger partial charge in [-0.1, -0.05) is 67.8 Å². The Morgan fingerprint density at radius 2 is 1.81 bits per heavy atom. The molecular formula is C21H27N3OS. The van der Waals surface area contributed by atoms with Crippen molar-refractivity contribution < 1.29 is 4.79 Å². The fourth-order valence-corrected chi connectivity index (χ4v) is 4.14. The smallest absolute Gasteiger partial charge is 0.233 e. The third-order valence-corrected chi connectivity index (χ3v) is 5.72. The molecule has 1 amide bonds. The summed E-state index contributed by atoms with van der Waals surface area (Å²) in [7, 11) is 0. The lowest BCUT2D eigenvalue weighted by Crippen LogP contribution is -2.39. The van der Waals surface area contributed by atoms with Gasteiger partial charge in [-0.2, -0.15) is 0 Å². The summed E-state index contributed by atoms with van der Waals surface area (Å²) in [4.78, 5) is 21.8. The molecule has 1 aliphatic carbocycles. The maximum absolute atomic E-state index is 12.6. The van der Waals surface area contributed by atoms with Gasteiger partial charge in [0.05, 0.1) is 10.9 Å². The summed E-state index contributed by atoms with van der Waals surface area (Å²) in [5, 5.41) is 3.68. The molecule has 1 heterocycles. The van der Waals surface area contributed by atoms with Gasteiger partial charge in [-0.25, -0.2) is 9.97 Å². The second kappa shape index (κ2) is 9.17. The first-order valence-electron chi connectivity index (χ1n) is 9.50. The Labute approximate surface area is 160 Å². The largest absolute Gasteiger partial charge is 0.352 e. The van der Waals surface area contributed by atoms with Crippen molar-refractivity contribution in [3.05, 3.63) is 42.1 Å². The molecule has 0 unspecified atom stereocenters. The highest BCUT2D eigenvalue weighted by atomic mass is 32.2. The van der Waals surface area contributed by atoms with Gasteiger partial charge in [-0.05, 0) is 32.8 Å². The zero-order valence-corrected chi connectivity index (χ0v) is 16.4. The highest BCUT2D eigenvalue weighted by Gasteiger charge is 2.21. The number of aromatic nitrogens is 2. The Bertz CT molecular complexity index is 727. The minimum Gasteiger partial charge on any atom is -0.352 e. The van der Waals surface area contributed by atoms with E-state index < -0.39 is 0 Å². The van der Waals surface area contributed by atoms with Gasteiger partial charge in [0.2, 0.25) is 5.91 Å². The van der Waals surface area contributed by atoms with Crippen LogP contribution >= 0.6 is 11.8 Å². The predicted octanol–water partition coefficient (Wildman–Crippen LogP) is 4.77. The summed E-state index contributed by atoms with van der Waals surface area (Å²) in [5.41, 5.74) is 2.88. The molecule has 0 bridgehead atoms. The first kappa shape index (κ1) is 18.9. The van der Waals surface area contributed by atoms with Crippen LogP contribution in [0, 0.1) is 6.92 Å². The first-order chi connectivity index (χ1) is 12.6. The molecule has 0 radical (unpaired) electrons. The highest BCUT2D eigenvalue weighted by molar-refractivity contribution is 8.00. The molecule has 1 aromatic heterocycles. The zero-order chi connectivity index (χ0) is 18.4. The lowest BCUT2D eigenvalue weighted by atomic mass is 10.1. The van der Waals surface area contributed by atoms with Gasteiger partial charge in [0.15, 0.2) is 5.16 Å². The van der Waals surface area contributed by atoms with Crippen LogP contribution in [0.4, 0.5) is 0 Å². The quantitative estimate of drug-likeness (QED) is 0.468. The van der Waals surface area contributed by atoms with Crippen LogP contribution in [0.5, 0.6) is 0 Å². The van der Waals surface area contributed by atoms with Crippen molar-refractivity contribution in [1.82, 2.24) is 15.3 Å². The Hall–Kier alpha value is -1.88. The van der Waals surface area contributed by atoms with Crippen LogP contribution in [-0.2, 0) is 4.79 Å². The highest BCUT2D eigenvalue weighted by Crippen LogP contribution is 2.25. The van der Waals surface area contributed by atoms with Crippen molar-refractivity contribution in [2.24, 2.45) is 0 Å². The van der Waals surface area contributed by atoms with E-state index >= 15 is 0 Å². The average molecular weight is 370 g/mol. The van der Waals surface area contributed by atoms with E-state index in [9.17, 15) is 4.79 Å². The number of amides is 1. The van der Waals surface area contributed by atoms with Gasteiger partial charge in [0.25, 0.3) is 0 Å². The van der Waals surface area contributed by atoms with E-state index in [0.717, 1.165) is 29.8 Å². The number of carbonyl (C=O) groups is 1. The summed E-state index contributed by atoms with van der Waals surface area (Å²) in [6.07, 6.45) is 7.21. The zero-order valence-electron chi connectivity index (χ0n) is 15.6. The van der Waals surface area contributed by atoms with Gasteiger partial charge in [0.1, 0.15) is 0 Å². The number of nitrogens with zero attached hydrogens (tertiary/aromatic N) is 2. The van der Waals surface area contributed by atoms with Gasteiger partial charge in [0, 0.05) is 17.3 Å². The first-order valence-corrected chi connectivity index (χ1v) is 10.4. The molecule has 1 N–H and O–H groups in total. The topological polar surface area (TPSA) is 54.9 Å². The monoisotopic (exact) mass is 369 g/mol. The molecule has 1 fully saturated rings. The Morgan fingerprint density at radius 3 is 2.50 bits per heavy atom. The fraction of sp³-hybridized carbons (Fsp3) is 0.476. The van der Waals surface area contributed by atoms with Gasteiger partial charge in [-0.3, -0.25) is 4.79 Å². The van der Waals surface area contributed by atoms with Crippen LogP contribution in [0.25, 0.3) is 11.3 Å². The van der Waals surface area contributed by atoms with Crippen LogP contribution in [0.15, 0.2) is 41.6 Å². The SMILES string of the molecule is Cc1cc(-c2ccccc2)nc(S[C@@H](C)C(=O)NC2CCCCCC2)n1. The molecule has 0 saturated heterocycles. The summed E-state index contributed by atoms with van der Waals surface area (Å²) in [5.74, 6) is 0.0910.